The minimum Gasteiger partial charge on any atom is -0.482 e. The molecular weight excluding hydrogens is 293 g/mol. The van der Waals surface area contributed by atoms with Crippen LogP contribution in [0, 0.1) is 6.92 Å². The number of hydrogen-bond acceptors (Lipinski definition) is 2. The zero-order valence-corrected chi connectivity index (χ0v) is 12.9. The highest BCUT2D eigenvalue weighted by molar-refractivity contribution is 6.32. The van der Waals surface area contributed by atoms with Crippen LogP contribution in [0.3, 0.4) is 0 Å². The molecule has 2 atom stereocenters. The minimum absolute atomic E-state index is 0.215. The third kappa shape index (κ3) is 3.45. The van der Waals surface area contributed by atoms with Gasteiger partial charge >= 0.3 is 0 Å². The minimum atomic E-state index is -0.344. The molecule has 2 unspecified atom stereocenters. The monoisotopic (exact) mass is 309 g/mol. The smallest absolute Gasteiger partial charge is 0.140 e. The molecule has 0 fully saturated rings. The highest BCUT2D eigenvalue weighted by Gasteiger charge is 2.21. The van der Waals surface area contributed by atoms with E-state index < -0.39 is 0 Å². The van der Waals surface area contributed by atoms with Gasteiger partial charge in [0.2, 0.25) is 0 Å². The molecule has 0 heterocycles. The SMILES string of the molecule is Cc1ccc(OC(c2ccccc2Cl)C(C)N)c(Cl)c1. The van der Waals surface area contributed by atoms with Crippen LogP contribution in [0.5, 0.6) is 5.75 Å². The Balaban J connectivity index is 2.33. The fourth-order valence-electron chi connectivity index (χ4n) is 2.00. The van der Waals surface area contributed by atoms with Crippen LogP contribution >= 0.6 is 23.2 Å². The highest BCUT2D eigenvalue weighted by Crippen LogP contribution is 2.33. The summed E-state index contributed by atoms with van der Waals surface area (Å²) in [5, 5.41) is 1.21. The molecule has 0 amide bonds. The summed E-state index contributed by atoms with van der Waals surface area (Å²) in [5.74, 6) is 0.611. The van der Waals surface area contributed by atoms with Gasteiger partial charge in [-0.1, -0.05) is 47.5 Å². The highest BCUT2D eigenvalue weighted by atomic mass is 35.5. The first-order valence-electron chi connectivity index (χ1n) is 6.42. The molecule has 0 saturated heterocycles. The maximum Gasteiger partial charge on any atom is 0.140 e. The van der Waals surface area contributed by atoms with E-state index in [9.17, 15) is 0 Å². The molecule has 0 bridgehead atoms. The largest absolute Gasteiger partial charge is 0.482 e. The van der Waals surface area contributed by atoms with Crippen LogP contribution in [-0.2, 0) is 0 Å². The number of nitrogens with two attached hydrogens (primary N) is 1. The summed E-state index contributed by atoms with van der Waals surface area (Å²) in [7, 11) is 0. The molecule has 2 aromatic carbocycles. The van der Waals surface area contributed by atoms with Gasteiger partial charge in [-0.25, -0.2) is 0 Å². The maximum absolute atomic E-state index is 6.23. The van der Waals surface area contributed by atoms with Crippen molar-refractivity contribution >= 4 is 23.2 Å². The first-order chi connectivity index (χ1) is 9.49. The lowest BCUT2D eigenvalue weighted by Gasteiger charge is -2.24. The van der Waals surface area contributed by atoms with Crippen molar-refractivity contribution in [3.63, 3.8) is 0 Å². The average Bonchev–Trinajstić information content (AvgIpc) is 2.39. The summed E-state index contributed by atoms with van der Waals surface area (Å²) in [6.07, 6.45) is -0.344. The summed E-state index contributed by atoms with van der Waals surface area (Å²) < 4.78 is 5.99. The Morgan fingerprint density at radius 3 is 2.35 bits per heavy atom. The van der Waals surface area contributed by atoms with E-state index in [4.69, 9.17) is 33.7 Å². The predicted molar refractivity (Wildman–Crippen MR) is 84.7 cm³/mol. The van der Waals surface area contributed by atoms with E-state index in [1.165, 1.54) is 0 Å². The van der Waals surface area contributed by atoms with E-state index >= 15 is 0 Å². The zero-order chi connectivity index (χ0) is 14.7. The summed E-state index contributed by atoms with van der Waals surface area (Å²) >= 11 is 12.4. The Kier molecular flexibility index (Phi) is 4.92. The van der Waals surface area contributed by atoms with Gasteiger partial charge in [0.1, 0.15) is 11.9 Å². The molecule has 0 aliphatic rings. The number of halogens is 2. The van der Waals surface area contributed by atoms with Gasteiger partial charge in [-0.05, 0) is 37.6 Å². The first kappa shape index (κ1) is 15.2. The lowest BCUT2D eigenvalue weighted by Crippen LogP contribution is -2.29. The molecular formula is C16H17Cl2NO. The molecule has 2 nitrogen and oxygen atoms in total. The Morgan fingerprint density at radius 1 is 1.05 bits per heavy atom. The fourth-order valence-corrected chi connectivity index (χ4v) is 2.52. The average molecular weight is 310 g/mol. The third-order valence-corrected chi connectivity index (χ3v) is 3.67. The van der Waals surface area contributed by atoms with Crippen LogP contribution < -0.4 is 10.5 Å². The van der Waals surface area contributed by atoms with Crippen LogP contribution in [0.25, 0.3) is 0 Å². The van der Waals surface area contributed by atoms with E-state index in [1.807, 2.05) is 56.3 Å². The Labute approximate surface area is 129 Å². The van der Waals surface area contributed by atoms with Crippen LogP contribution in [-0.4, -0.2) is 6.04 Å². The topological polar surface area (TPSA) is 35.2 Å². The van der Waals surface area contributed by atoms with Gasteiger partial charge in [-0.2, -0.15) is 0 Å². The van der Waals surface area contributed by atoms with Crippen molar-refractivity contribution in [1.82, 2.24) is 0 Å². The molecule has 0 spiro atoms. The number of ether oxygens (including phenoxy) is 1. The normalized spacial score (nSPS) is 13.8. The number of aryl methyl sites for hydroxylation is 1. The van der Waals surface area contributed by atoms with Crippen molar-refractivity contribution in [3.8, 4) is 5.75 Å². The van der Waals surface area contributed by atoms with Gasteiger partial charge in [0, 0.05) is 16.6 Å². The molecule has 0 aliphatic carbocycles. The van der Waals surface area contributed by atoms with Crippen molar-refractivity contribution in [2.45, 2.75) is 26.0 Å². The van der Waals surface area contributed by atoms with Crippen LogP contribution in [0.1, 0.15) is 24.2 Å². The lowest BCUT2D eigenvalue weighted by molar-refractivity contribution is 0.180. The number of rotatable bonds is 4. The standard InChI is InChI=1S/C16H17Cl2NO/c1-10-7-8-15(14(18)9-10)20-16(11(2)19)12-5-3-4-6-13(12)17/h3-9,11,16H,19H2,1-2H3. The van der Waals surface area contributed by atoms with E-state index in [2.05, 4.69) is 0 Å². The van der Waals surface area contributed by atoms with E-state index in [0.717, 1.165) is 11.1 Å². The van der Waals surface area contributed by atoms with Crippen molar-refractivity contribution in [2.75, 3.05) is 0 Å². The van der Waals surface area contributed by atoms with Gasteiger partial charge in [0.15, 0.2) is 0 Å². The Bertz CT molecular complexity index is 599. The van der Waals surface area contributed by atoms with Crippen LogP contribution in [0.4, 0.5) is 0 Å². The molecule has 2 N–H and O–H groups in total. The second-order valence-electron chi connectivity index (χ2n) is 4.85. The van der Waals surface area contributed by atoms with Crippen molar-refractivity contribution in [3.05, 3.63) is 63.6 Å². The van der Waals surface area contributed by atoms with Gasteiger partial charge in [0.25, 0.3) is 0 Å². The van der Waals surface area contributed by atoms with Gasteiger partial charge < -0.3 is 10.5 Å². The fraction of sp³-hybridized carbons (Fsp3) is 0.250. The molecule has 0 saturated carbocycles. The van der Waals surface area contributed by atoms with Crippen molar-refractivity contribution in [1.29, 1.82) is 0 Å². The van der Waals surface area contributed by atoms with Crippen LogP contribution in [0.2, 0.25) is 10.0 Å². The first-order valence-corrected chi connectivity index (χ1v) is 7.17. The molecule has 4 heteroatoms. The summed E-state index contributed by atoms with van der Waals surface area (Å²) in [6, 6.07) is 13.0. The lowest BCUT2D eigenvalue weighted by atomic mass is 10.0. The molecule has 0 aromatic heterocycles. The molecule has 0 radical (unpaired) electrons. The van der Waals surface area contributed by atoms with Gasteiger partial charge in [-0.15, -0.1) is 0 Å². The van der Waals surface area contributed by atoms with Crippen LogP contribution in [0.15, 0.2) is 42.5 Å². The number of benzene rings is 2. The van der Waals surface area contributed by atoms with E-state index in [-0.39, 0.29) is 12.1 Å². The summed E-state index contributed by atoms with van der Waals surface area (Å²) in [5.41, 5.74) is 7.98. The zero-order valence-electron chi connectivity index (χ0n) is 11.4. The van der Waals surface area contributed by atoms with Gasteiger partial charge in [-0.3, -0.25) is 0 Å². The summed E-state index contributed by atoms with van der Waals surface area (Å²) in [6.45, 7) is 3.86. The summed E-state index contributed by atoms with van der Waals surface area (Å²) in [4.78, 5) is 0. The molecule has 2 aromatic rings. The predicted octanol–water partition coefficient (Wildman–Crippen LogP) is 4.77. The molecule has 2 rings (SSSR count). The maximum atomic E-state index is 6.23. The second kappa shape index (κ2) is 6.49. The van der Waals surface area contributed by atoms with E-state index in [1.54, 1.807) is 0 Å². The van der Waals surface area contributed by atoms with Crippen molar-refractivity contribution in [2.24, 2.45) is 5.73 Å². The molecule has 0 aliphatic heterocycles. The third-order valence-electron chi connectivity index (χ3n) is 3.03. The van der Waals surface area contributed by atoms with E-state index in [0.29, 0.717) is 15.8 Å². The molecule has 106 valence electrons. The Morgan fingerprint density at radius 2 is 1.75 bits per heavy atom. The van der Waals surface area contributed by atoms with Gasteiger partial charge in [0.05, 0.1) is 5.02 Å². The quantitative estimate of drug-likeness (QED) is 0.883. The Hall–Kier alpha value is -1.22. The second-order valence-corrected chi connectivity index (χ2v) is 5.67. The molecule has 20 heavy (non-hydrogen) atoms. The number of hydrogen-bond donors (Lipinski definition) is 1. The van der Waals surface area contributed by atoms with Crippen molar-refractivity contribution < 1.29 is 4.74 Å².